The fraction of sp³-hybridized carbons (Fsp3) is 0.300. The van der Waals surface area contributed by atoms with Gasteiger partial charge in [0, 0.05) is 13.6 Å². The summed E-state index contributed by atoms with van der Waals surface area (Å²) in [5.41, 5.74) is 1.45. The number of alkyl halides is 2. The van der Waals surface area contributed by atoms with Crippen LogP contribution in [0.3, 0.4) is 0 Å². The van der Waals surface area contributed by atoms with Gasteiger partial charge in [0.15, 0.2) is 0 Å². The summed E-state index contributed by atoms with van der Waals surface area (Å²) in [6.45, 7) is 0.0774. The maximum absolute atomic E-state index is 14.4. The molecular weight excluding hydrogens is 373 g/mol. The Balaban J connectivity index is 2.20. The van der Waals surface area contributed by atoms with Crippen molar-refractivity contribution in [1.82, 2.24) is 10.0 Å². The highest BCUT2D eigenvalue weighted by molar-refractivity contribution is 5.83. The number of carbonyl (C=O) groups is 2. The van der Waals surface area contributed by atoms with Crippen LogP contribution in [0.4, 0.5) is 13.3 Å². The molecule has 0 saturated carbocycles. The smallest absolute Gasteiger partial charge is 0.427 e. The zero-order valence-electron chi connectivity index (χ0n) is 15.3. The molecule has 2 aromatic carbocycles. The van der Waals surface area contributed by atoms with E-state index in [1.54, 1.807) is 60.7 Å². The van der Waals surface area contributed by atoms with E-state index in [1.165, 1.54) is 7.05 Å². The van der Waals surface area contributed by atoms with Crippen LogP contribution in [0.1, 0.15) is 17.5 Å². The Hall–Kier alpha value is -2.87. The minimum atomic E-state index is -4.81. The number of hydrogen-bond acceptors (Lipinski definition) is 3. The summed E-state index contributed by atoms with van der Waals surface area (Å²) in [6, 6.07) is 10.7. The molecule has 2 rings (SSSR count). The van der Waals surface area contributed by atoms with Crippen LogP contribution >= 0.6 is 0 Å². The average Bonchev–Trinajstić information content (AvgIpc) is 2.69. The molecule has 2 aromatic rings. The van der Waals surface area contributed by atoms with Crippen LogP contribution in [0.25, 0.3) is 0 Å². The Labute approximate surface area is 160 Å². The lowest BCUT2D eigenvalue weighted by Crippen LogP contribution is -2.54. The number of halogens is 3. The van der Waals surface area contributed by atoms with E-state index in [1.807, 2.05) is 0 Å². The highest BCUT2D eigenvalue weighted by atomic mass is 19.3. The quantitative estimate of drug-likeness (QED) is 0.522. The second-order valence-electron chi connectivity index (χ2n) is 6.38. The van der Waals surface area contributed by atoms with E-state index in [2.05, 4.69) is 0 Å². The van der Waals surface area contributed by atoms with Crippen molar-refractivity contribution in [2.45, 2.75) is 31.5 Å². The molecule has 150 valence electrons. The molecule has 1 amide bonds. The van der Waals surface area contributed by atoms with E-state index in [9.17, 15) is 22.9 Å². The number of aliphatic carboxylic acids is 1. The molecule has 1 atom stereocenters. The van der Waals surface area contributed by atoms with Crippen molar-refractivity contribution >= 4 is 11.9 Å². The molecule has 0 aliphatic carbocycles. The second-order valence-corrected chi connectivity index (χ2v) is 6.38. The Kier molecular flexibility index (Phi) is 7.17. The molecule has 0 aliphatic heterocycles. The molecule has 0 radical (unpaired) electrons. The summed E-state index contributed by atoms with van der Waals surface area (Å²) < 4.78 is 41.9. The molecular formula is C20H21F3N2O3. The Morgan fingerprint density at radius 2 is 1.50 bits per heavy atom. The number of carbonyl (C=O) groups excluding carboxylic acids is 1. The van der Waals surface area contributed by atoms with E-state index in [-0.39, 0.29) is 19.4 Å². The molecule has 5 nitrogen and oxygen atoms in total. The second kappa shape index (κ2) is 9.36. The van der Waals surface area contributed by atoms with Gasteiger partial charge in [-0.25, -0.2) is 4.79 Å². The van der Waals surface area contributed by atoms with Crippen molar-refractivity contribution in [2.24, 2.45) is 0 Å². The number of amides is 1. The van der Waals surface area contributed by atoms with Crippen LogP contribution in [-0.4, -0.2) is 46.1 Å². The zero-order valence-corrected chi connectivity index (χ0v) is 15.3. The summed E-state index contributed by atoms with van der Waals surface area (Å²) >= 11 is 0. The number of carboxylic acids is 1. The fourth-order valence-corrected chi connectivity index (χ4v) is 2.76. The number of carboxylic acid groups (broad SMARTS) is 1. The number of nitrogens with zero attached hydrogens (tertiary/aromatic N) is 2. The molecule has 0 fully saturated rings. The number of rotatable bonds is 9. The number of hydrogen-bond donors (Lipinski definition) is 1. The predicted octanol–water partition coefficient (Wildman–Crippen LogP) is 3.51. The molecule has 0 spiro atoms. The third-order valence-electron chi connectivity index (χ3n) is 4.27. The van der Waals surface area contributed by atoms with Crippen molar-refractivity contribution in [3.05, 3.63) is 71.8 Å². The fourth-order valence-electron chi connectivity index (χ4n) is 2.76. The lowest BCUT2D eigenvalue weighted by Gasteiger charge is -2.30. The lowest BCUT2D eigenvalue weighted by molar-refractivity contribution is -0.256. The highest BCUT2D eigenvalue weighted by Crippen LogP contribution is 2.27. The maximum atomic E-state index is 14.4. The van der Waals surface area contributed by atoms with Gasteiger partial charge in [-0.15, -0.1) is 4.48 Å². The van der Waals surface area contributed by atoms with E-state index in [0.717, 1.165) is 16.0 Å². The standard InChI is InChI=1S/C20H21F3N2O3/c1-24(14-16-10-6-3-7-11-16)18(26)17(25(23)20(21,22)19(27)28)13-12-15-8-4-2-5-9-15/h2-11,17H,12-14H2,1H3,(H,27,28)/t17-/m1/s1. The van der Waals surface area contributed by atoms with Gasteiger partial charge in [0.05, 0.1) is 0 Å². The van der Waals surface area contributed by atoms with Crippen molar-refractivity contribution in [2.75, 3.05) is 7.05 Å². The lowest BCUT2D eigenvalue weighted by atomic mass is 10.0. The van der Waals surface area contributed by atoms with Crippen molar-refractivity contribution in [1.29, 1.82) is 0 Å². The Morgan fingerprint density at radius 3 is 2.00 bits per heavy atom. The predicted molar refractivity (Wildman–Crippen MR) is 97.0 cm³/mol. The van der Waals surface area contributed by atoms with Crippen LogP contribution in [0, 0.1) is 0 Å². The highest BCUT2D eigenvalue weighted by Gasteiger charge is 2.52. The van der Waals surface area contributed by atoms with E-state index in [0.29, 0.717) is 0 Å². The Morgan fingerprint density at radius 1 is 1.00 bits per heavy atom. The molecule has 0 aliphatic rings. The molecule has 0 bridgehead atoms. The average molecular weight is 394 g/mol. The first-order chi connectivity index (χ1) is 13.2. The largest absolute Gasteiger partial charge is 0.476 e. The summed E-state index contributed by atoms with van der Waals surface area (Å²) in [5, 5.41) is 7.49. The van der Waals surface area contributed by atoms with Crippen LogP contribution < -0.4 is 0 Å². The first kappa shape index (κ1) is 21.4. The van der Waals surface area contributed by atoms with Crippen LogP contribution in [0.2, 0.25) is 0 Å². The van der Waals surface area contributed by atoms with Gasteiger partial charge in [0.1, 0.15) is 6.04 Å². The summed E-state index contributed by atoms with van der Waals surface area (Å²) in [4.78, 5) is 24.6. The minimum Gasteiger partial charge on any atom is -0.476 e. The number of aryl methyl sites for hydroxylation is 1. The molecule has 0 aromatic heterocycles. The van der Waals surface area contributed by atoms with Gasteiger partial charge in [-0.2, -0.15) is 8.78 Å². The minimum absolute atomic E-state index is 0.0774. The summed E-state index contributed by atoms with van der Waals surface area (Å²) in [5.74, 6) is -3.58. The van der Waals surface area contributed by atoms with E-state index < -0.39 is 29.1 Å². The molecule has 0 saturated heterocycles. The van der Waals surface area contributed by atoms with Gasteiger partial charge in [0.25, 0.3) is 0 Å². The number of benzene rings is 2. The molecule has 1 N–H and O–H groups in total. The normalized spacial score (nSPS) is 12.6. The maximum Gasteiger partial charge on any atom is 0.427 e. The van der Waals surface area contributed by atoms with Crippen molar-refractivity contribution in [3.8, 4) is 0 Å². The third kappa shape index (κ3) is 5.32. The first-order valence-electron chi connectivity index (χ1n) is 8.62. The first-order valence-corrected chi connectivity index (χ1v) is 8.62. The van der Waals surface area contributed by atoms with Gasteiger partial charge < -0.3 is 10.0 Å². The van der Waals surface area contributed by atoms with E-state index in [4.69, 9.17) is 5.11 Å². The topological polar surface area (TPSA) is 60.9 Å². The SMILES string of the molecule is CN(Cc1ccccc1)C(=O)[C@@H](CCc1ccccc1)N(F)C(F)(F)C(=O)O. The Bertz CT molecular complexity index is 788. The van der Waals surface area contributed by atoms with Crippen LogP contribution in [-0.2, 0) is 22.6 Å². The van der Waals surface area contributed by atoms with Gasteiger partial charge in [0.2, 0.25) is 5.91 Å². The van der Waals surface area contributed by atoms with Crippen molar-refractivity contribution < 1.29 is 28.0 Å². The van der Waals surface area contributed by atoms with Gasteiger partial charge in [-0.05, 0) is 24.0 Å². The molecule has 28 heavy (non-hydrogen) atoms. The molecule has 0 unspecified atom stereocenters. The van der Waals surface area contributed by atoms with Crippen molar-refractivity contribution in [3.63, 3.8) is 0 Å². The van der Waals surface area contributed by atoms with E-state index >= 15 is 0 Å². The molecule has 0 heterocycles. The van der Waals surface area contributed by atoms with Gasteiger partial charge >= 0.3 is 12.0 Å². The van der Waals surface area contributed by atoms with Crippen LogP contribution in [0.5, 0.6) is 0 Å². The monoisotopic (exact) mass is 394 g/mol. The summed E-state index contributed by atoms with van der Waals surface area (Å²) in [6.07, 6.45) is -0.173. The number of likely N-dealkylation sites (N-methyl/N-ethyl adjacent to an activating group) is 1. The third-order valence-corrected chi connectivity index (χ3v) is 4.27. The molecule has 8 heteroatoms. The van der Waals surface area contributed by atoms with Crippen LogP contribution in [0.15, 0.2) is 60.7 Å². The summed E-state index contributed by atoms with van der Waals surface area (Å²) in [7, 11) is 1.36. The zero-order chi connectivity index (χ0) is 20.7. The van der Waals surface area contributed by atoms with Gasteiger partial charge in [-0.1, -0.05) is 65.8 Å². The van der Waals surface area contributed by atoms with Gasteiger partial charge in [-0.3, -0.25) is 4.79 Å².